The molecule has 0 aliphatic rings. The Labute approximate surface area is 180 Å². The van der Waals surface area contributed by atoms with Crippen molar-refractivity contribution in [1.82, 2.24) is 9.97 Å². The molecule has 0 saturated heterocycles. The zero-order valence-electron chi connectivity index (χ0n) is 16.5. The van der Waals surface area contributed by atoms with Crippen LogP contribution in [0.25, 0.3) is 0 Å². The summed E-state index contributed by atoms with van der Waals surface area (Å²) in [4.78, 5) is 7.86. The first-order chi connectivity index (χ1) is 14.0. The minimum Gasteiger partial charge on any atom is -0.488 e. The zero-order valence-corrected chi connectivity index (χ0v) is 18.1. The number of hydrogen-bond donors (Lipinski definition) is 2. The molecule has 1 heterocycles. The molecule has 9 heteroatoms. The third-order valence-electron chi connectivity index (χ3n) is 3.72. The summed E-state index contributed by atoms with van der Waals surface area (Å²) in [7, 11) is 0. The number of nitrogens with zero attached hydrogens (tertiary/aromatic N) is 2. The van der Waals surface area contributed by atoms with E-state index < -0.39 is 17.3 Å². The number of rotatable bonds is 5. The van der Waals surface area contributed by atoms with Crippen LogP contribution in [0.5, 0.6) is 5.75 Å². The van der Waals surface area contributed by atoms with E-state index >= 15 is 0 Å². The van der Waals surface area contributed by atoms with Crippen molar-refractivity contribution >= 4 is 39.1 Å². The van der Waals surface area contributed by atoms with Gasteiger partial charge in [0.2, 0.25) is 5.95 Å². The predicted octanol–water partition coefficient (Wildman–Crippen LogP) is 6.92. The smallest absolute Gasteiger partial charge is 0.421 e. The highest BCUT2D eigenvalue weighted by Gasteiger charge is 2.35. The molecule has 0 unspecified atom stereocenters. The second-order valence-corrected chi connectivity index (χ2v) is 8.37. The van der Waals surface area contributed by atoms with Gasteiger partial charge in [-0.25, -0.2) is 4.98 Å². The zero-order chi connectivity index (χ0) is 21.9. The van der Waals surface area contributed by atoms with Gasteiger partial charge >= 0.3 is 6.18 Å². The molecule has 30 heavy (non-hydrogen) atoms. The first-order valence-corrected chi connectivity index (χ1v) is 9.82. The SMILES string of the molecule is CC(C)(C)Oc1cccc(Nc2nc(Nc3ccc(Br)cc3)ncc2C(F)(F)F)c1. The molecule has 158 valence electrons. The maximum absolute atomic E-state index is 13.5. The molecule has 0 bridgehead atoms. The summed E-state index contributed by atoms with van der Waals surface area (Å²) in [5.74, 6) is 0.211. The van der Waals surface area contributed by atoms with Gasteiger partial charge in [0.1, 0.15) is 22.7 Å². The van der Waals surface area contributed by atoms with E-state index in [0.717, 1.165) is 10.7 Å². The summed E-state index contributed by atoms with van der Waals surface area (Å²) in [6.45, 7) is 5.66. The Morgan fingerprint density at radius 2 is 1.63 bits per heavy atom. The van der Waals surface area contributed by atoms with Gasteiger partial charge in [0.25, 0.3) is 0 Å². The van der Waals surface area contributed by atoms with Gasteiger partial charge in [-0.2, -0.15) is 18.2 Å². The van der Waals surface area contributed by atoms with E-state index in [0.29, 0.717) is 17.1 Å². The van der Waals surface area contributed by atoms with Crippen LogP contribution < -0.4 is 15.4 Å². The molecule has 0 saturated carbocycles. The summed E-state index contributed by atoms with van der Waals surface area (Å²) in [6.07, 6.45) is -3.86. The quantitative estimate of drug-likeness (QED) is 0.414. The predicted molar refractivity (Wildman–Crippen MR) is 115 cm³/mol. The van der Waals surface area contributed by atoms with Crippen LogP contribution in [0.1, 0.15) is 26.3 Å². The molecule has 0 amide bonds. The number of benzene rings is 2. The van der Waals surface area contributed by atoms with E-state index in [2.05, 4.69) is 36.5 Å². The average molecular weight is 481 g/mol. The van der Waals surface area contributed by atoms with Crippen LogP contribution in [0.2, 0.25) is 0 Å². The van der Waals surface area contributed by atoms with E-state index in [1.165, 1.54) is 0 Å². The maximum atomic E-state index is 13.5. The van der Waals surface area contributed by atoms with Crippen molar-refractivity contribution in [3.63, 3.8) is 0 Å². The molecule has 2 N–H and O–H groups in total. The maximum Gasteiger partial charge on any atom is 0.421 e. The fourth-order valence-electron chi connectivity index (χ4n) is 2.53. The minimum absolute atomic E-state index is 0.0370. The van der Waals surface area contributed by atoms with Gasteiger partial charge in [-0.1, -0.05) is 22.0 Å². The van der Waals surface area contributed by atoms with Crippen molar-refractivity contribution in [1.29, 1.82) is 0 Å². The summed E-state index contributed by atoms with van der Waals surface area (Å²) in [6, 6.07) is 13.8. The molecule has 0 aliphatic heterocycles. The molecule has 0 fully saturated rings. The highest BCUT2D eigenvalue weighted by molar-refractivity contribution is 9.10. The third-order valence-corrected chi connectivity index (χ3v) is 4.24. The number of nitrogens with one attached hydrogen (secondary N) is 2. The van der Waals surface area contributed by atoms with Crippen LogP contribution in [0.3, 0.4) is 0 Å². The second kappa shape index (κ2) is 8.51. The number of hydrogen-bond acceptors (Lipinski definition) is 5. The van der Waals surface area contributed by atoms with Gasteiger partial charge < -0.3 is 15.4 Å². The first-order valence-electron chi connectivity index (χ1n) is 9.02. The fourth-order valence-corrected chi connectivity index (χ4v) is 2.80. The van der Waals surface area contributed by atoms with Crippen LogP contribution in [0.4, 0.5) is 36.3 Å². The number of aromatic nitrogens is 2. The van der Waals surface area contributed by atoms with Gasteiger partial charge in [0.05, 0.1) is 0 Å². The summed E-state index contributed by atoms with van der Waals surface area (Å²) in [5.41, 5.74) is -0.349. The molecule has 0 radical (unpaired) electrons. The highest BCUT2D eigenvalue weighted by atomic mass is 79.9. The van der Waals surface area contributed by atoms with E-state index in [-0.39, 0.29) is 11.8 Å². The largest absolute Gasteiger partial charge is 0.488 e. The Balaban J connectivity index is 1.91. The lowest BCUT2D eigenvalue weighted by Gasteiger charge is -2.22. The molecular formula is C21H20BrF3N4O. The van der Waals surface area contributed by atoms with Gasteiger partial charge in [-0.3, -0.25) is 0 Å². The molecule has 1 aromatic heterocycles. The van der Waals surface area contributed by atoms with Crippen molar-refractivity contribution in [3.05, 3.63) is 64.8 Å². The topological polar surface area (TPSA) is 59.1 Å². The summed E-state index contributed by atoms with van der Waals surface area (Å²) in [5, 5.41) is 5.65. The number of ether oxygens (including phenoxy) is 1. The minimum atomic E-state index is -4.61. The van der Waals surface area contributed by atoms with Gasteiger partial charge in [0.15, 0.2) is 0 Å². The van der Waals surface area contributed by atoms with Crippen LogP contribution in [0, 0.1) is 0 Å². The van der Waals surface area contributed by atoms with E-state index in [9.17, 15) is 13.2 Å². The molecular weight excluding hydrogens is 461 g/mol. The van der Waals surface area contributed by atoms with E-state index in [1.807, 2.05) is 20.8 Å². The molecule has 0 atom stereocenters. The van der Waals surface area contributed by atoms with Crippen LogP contribution >= 0.6 is 15.9 Å². The molecule has 0 spiro atoms. The van der Waals surface area contributed by atoms with Crippen molar-refractivity contribution in [2.45, 2.75) is 32.5 Å². The lowest BCUT2D eigenvalue weighted by molar-refractivity contribution is -0.137. The Morgan fingerprint density at radius 3 is 2.27 bits per heavy atom. The molecule has 5 nitrogen and oxygen atoms in total. The Morgan fingerprint density at radius 1 is 0.933 bits per heavy atom. The standard InChI is InChI=1S/C21H20BrF3N4O/c1-20(2,3)30-16-6-4-5-15(11-16)27-18-17(21(23,24)25)12-26-19(29-18)28-14-9-7-13(22)8-10-14/h4-12H,1-3H3,(H2,26,27,28,29). The van der Waals surface area contributed by atoms with Gasteiger partial charge in [-0.15, -0.1) is 0 Å². The molecule has 2 aromatic carbocycles. The van der Waals surface area contributed by atoms with Crippen molar-refractivity contribution < 1.29 is 17.9 Å². The Kier molecular flexibility index (Phi) is 6.21. The normalized spacial score (nSPS) is 11.8. The van der Waals surface area contributed by atoms with Crippen molar-refractivity contribution in [2.24, 2.45) is 0 Å². The lowest BCUT2D eigenvalue weighted by atomic mass is 10.2. The number of halogens is 4. The van der Waals surface area contributed by atoms with Crippen LogP contribution in [-0.2, 0) is 6.18 Å². The fraction of sp³-hybridized carbons (Fsp3) is 0.238. The Bertz CT molecular complexity index is 1020. The summed E-state index contributed by atoms with van der Waals surface area (Å²) >= 11 is 3.33. The lowest BCUT2D eigenvalue weighted by Crippen LogP contribution is -2.22. The highest BCUT2D eigenvalue weighted by Crippen LogP contribution is 2.36. The monoisotopic (exact) mass is 480 g/mol. The molecule has 0 aliphatic carbocycles. The van der Waals surface area contributed by atoms with Crippen LogP contribution in [-0.4, -0.2) is 15.6 Å². The van der Waals surface area contributed by atoms with Crippen LogP contribution in [0.15, 0.2) is 59.2 Å². The van der Waals surface area contributed by atoms with Crippen molar-refractivity contribution in [3.8, 4) is 5.75 Å². The van der Waals surface area contributed by atoms with Gasteiger partial charge in [-0.05, 0) is 57.2 Å². The molecule has 3 rings (SSSR count). The average Bonchev–Trinajstić information content (AvgIpc) is 2.62. The third kappa shape index (κ3) is 6.09. The summed E-state index contributed by atoms with van der Waals surface area (Å²) < 4.78 is 47.1. The van der Waals surface area contributed by atoms with Gasteiger partial charge in [0, 0.05) is 28.1 Å². The molecule has 3 aromatic rings. The first kappa shape index (κ1) is 21.9. The van der Waals surface area contributed by atoms with Crippen molar-refractivity contribution in [2.75, 3.05) is 10.6 Å². The van der Waals surface area contributed by atoms with E-state index in [4.69, 9.17) is 4.74 Å². The Hall–Kier alpha value is -2.81. The van der Waals surface area contributed by atoms with E-state index in [1.54, 1.807) is 48.5 Å². The second-order valence-electron chi connectivity index (χ2n) is 7.45. The number of anilines is 4. The number of alkyl halides is 3.